The van der Waals surface area contributed by atoms with Crippen LogP contribution >= 0.6 is 0 Å². The highest BCUT2D eigenvalue weighted by atomic mass is 32.2. The Morgan fingerprint density at radius 2 is 1.76 bits per heavy atom. The molecule has 10 heteroatoms. The fourth-order valence-corrected chi connectivity index (χ4v) is 3.74. The summed E-state index contributed by atoms with van der Waals surface area (Å²) in [7, 11) is -4.12. The quantitative estimate of drug-likeness (QED) is 0.441. The highest BCUT2D eigenvalue weighted by molar-refractivity contribution is 7.92. The number of nitrogens with one attached hydrogen (secondary N) is 1. The smallest absolute Gasteiger partial charge is 0.289 e. The molecule has 150 valence electrons. The molecule has 2 aromatic carbocycles. The van der Waals surface area contributed by atoms with Crippen molar-refractivity contribution in [3.8, 4) is 17.1 Å². The van der Waals surface area contributed by atoms with Crippen LogP contribution in [0.3, 0.4) is 0 Å². The second-order valence-corrected chi connectivity index (χ2v) is 7.66. The Hall–Kier alpha value is -3.53. The van der Waals surface area contributed by atoms with Gasteiger partial charge in [0.2, 0.25) is 5.88 Å². The zero-order chi connectivity index (χ0) is 20.9. The van der Waals surface area contributed by atoms with Gasteiger partial charge in [-0.3, -0.25) is 14.8 Å². The fourth-order valence-electron chi connectivity index (χ4n) is 2.51. The number of hydrogen-bond acceptors (Lipinski definition) is 7. The van der Waals surface area contributed by atoms with Crippen LogP contribution in [0.25, 0.3) is 11.3 Å². The van der Waals surface area contributed by atoms with E-state index in [4.69, 9.17) is 4.74 Å². The van der Waals surface area contributed by atoms with Gasteiger partial charge >= 0.3 is 0 Å². The van der Waals surface area contributed by atoms with Gasteiger partial charge in [-0.15, -0.1) is 10.2 Å². The van der Waals surface area contributed by atoms with E-state index in [1.54, 1.807) is 36.4 Å². The van der Waals surface area contributed by atoms with Gasteiger partial charge in [-0.05, 0) is 30.7 Å². The topological polar surface area (TPSA) is 124 Å². The zero-order valence-corrected chi connectivity index (χ0v) is 16.3. The summed E-state index contributed by atoms with van der Waals surface area (Å²) in [4.78, 5) is 9.96. The molecule has 0 saturated heterocycles. The number of nitro benzene ring substituents is 1. The maximum atomic E-state index is 12.6. The van der Waals surface area contributed by atoms with E-state index < -0.39 is 25.5 Å². The van der Waals surface area contributed by atoms with Crippen molar-refractivity contribution in [3.63, 3.8) is 0 Å². The van der Waals surface area contributed by atoms with Gasteiger partial charge in [-0.2, -0.15) is 0 Å². The third-order valence-corrected chi connectivity index (χ3v) is 5.31. The Kier molecular flexibility index (Phi) is 6.03. The van der Waals surface area contributed by atoms with Gasteiger partial charge in [-0.25, -0.2) is 8.42 Å². The summed E-state index contributed by atoms with van der Waals surface area (Å²) < 4.78 is 32.9. The standard InChI is InChI=1S/C19H18N4O5S/c1-2-13-28-19-12-11-16(20-21-19)14-7-9-15(10-8-14)22-29(26,27)18-6-4-3-5-17(18)23(24)25/h3-12,22H,2,13H2,1H3. The van der Waals surface area contributed by atoms with Crippen LogP contribution in [0.1, 0.15) is 13.3 Å². The Morgan fingerprint density at radius 1 is 1.03 bits per heavy atom. The largest absolute Gasteiger partial charge is 0.477 e. The van der Waals surface area contributed by atoms with Crippen LogP contribution in [0.4, 0.5) is 11.4 Å². The van der Waals surface area contributed by atoms with Crippen LogP contribution in [0.15, 0.2) is 65.6 Å². The highest BCUT2D eigenvalue weighted by Crippen LogP contribution is 2.26. The molecular weight excluding hydrogens is 396 g/mol. The van der Waals surface area contributed by atoms with Gasteiger partial charge < -0.3 is 4.74 Å². The maximum Gasteiger partial charge on any atom is 0.289 e. The number of anilines is 1. The predicted octanol–water partition coefficient (Wildman–Crippen LogP) is 3.64. The number of sulfonamides is 1. The van der Waals surface area contributed by atoms with Gasteiger partial charge in [0.05, 0.1) is 17.2 Å². The summed E-state index contributed by atoms with van der Waals surface area (Å²) in [5.74, 6) is 0.435. The summed E-state index contributed by atoms with van der Waals surface area (Å²) in [6.45, 7) is 2.55. The molecule has 1 aromatic heterocycles. The number of aromatic nitrogens is 2. The van der Waals surface area contributed by atoms with Crippen molar-refractivity contribution in [1.82, 2.24) is 10.2 Å². The highest BCUT2D eigenvalue weighted by Gasteiger charge is 2.25. The molecule has 29 heavy (non-hydrogen) atoms. The van der Waals surface area contributed by atoms with Crippen molar-refractivity contribution in [1.29, 1.82) is 0 Å². The van der Waals surface area contributed by atoms with Crippen LogP contribution in [-0.2, 0) is 10.0 Å². The molecule has 3 aromatic rings. The molecule has 9 nitrogen and oxygen atoms in total. The third kappa shape index (κ3) is 4.85. The Morgan fingerprint density at radius 3 is 2.38 bits per heavy atom. The second-order valence-electron chi connectivity index (χ2n) is 6.01. The fraction of sp³-hybridized carbons (Fsp3) is 0.158. The van der Waals surface area contributed by atoms with Crippen LogP contribution in [0, 0.1) is 10.1 Å². The number of benzene rings is 2. The monoisotopic (exact) mass is 414 g/mol. The van der Waals surface area contributed by atoms with E-state index in [0.717, 1.165) is 18.1 Å². The number of nitro groups is 1. The number of para-hydroxylation sites is 1. The summed E-state index contributed by atoms with van der Waals surface area (Å²) in [6, 6.07) is 15.1. The summed E-state index contributed by atoms with van der Waals surface area (Å²) in [5, 5.41) is 19.2. The lowest BCUT2D eigenvalue weighted by atomic mass is 10.1. The molecule has 0 aliphatic carbocycles. The van der Waals surface area contributed by atoms with Crippen molar-refractivity contribution in [2.24, 2.45) is 0 Å². The molecule has 1 heterocycles. The molecular formula is C19H18N4O5S. The Labute approximate surface area is 167 Å². The summed E-state index contributed by atoms with van der Waals surface area (Å²) in [5.41, 5.74) is 1.11. The summed E-state index contributed by atoms with van der Waals surface area (Å²) in [6.07, 6.45) is 0.868. The van der Waals surface area contributed by atoms with E-state index in [2.05, 4.69) is 14.9 Å². The van der Waals surface area contributed by atoms with Gasteiger partial charge in [0.15, 0.2) is 4.90 Å². The zero-order valence-electron chi connectivity index (χ0n) is 15.5. The van der Waals surface area contributed by atoms with E-state index in [1.807, 2.05) is 6.92 Å². The molecule has 0 aliphatic heterocycles. The molecule has 1 N–H and O–H groups in total. The first-order valence-corrected chi connectivity index (χ1v) is 10.2. The SMILES string of the molecule is CCCOc1ccc(-c2ccc(NS(=O)(=O)c3ccccc3[N+](=O)[O-])cc2)nn1. The molecule has 0 aliphatic rings. The lowest BCUT2D eigenvalue weighted by Crippen LogP contribution is -2.14. The van der Waals surface area contributed by atoms with Crippen LogP contribution in [0.5, 0.6) is 5.88 Å². The molecule has 0 spiro atoms. The average Bonchev–Trinajstić information content (AvgIpc) is 2.73. The van der Waals surface area contributed by atoms with Gasteiger partial charge in [0.1, 0.15) is 0 Å². The second kappa shape index (κ2) is 8.65. The molecule has 0 bridgehead atoms. The number of rotatable bonds is 8. The third-order valence-electron chi connectivity index (χ3n) is 3.88. The van der Waals surface area contributed by atoms with Gasteiger partial charge in [0, 0.05) is 23.4 Å². The van der Waals surface area contributed by atoms with E-state index in [0.29, 0.717) is 18.2 Å². The molecule has 3 rings (SSSR count). The molecule has 0 fully saturated rings. The number of hydrogen-bond donors (Lipinski definition) is 1. The number of nitrogens with zero attached hydrogens (tertiary/aromatic N) is 3. The van der Waals surface area contributed by atoms with Crippen LogP contribution in [-0.4, -0.2) is 30.1 Å². The first kappa shape index (κ1) is 20.2. The first-order chi connectivity index (χ1) is 13.9. The average molecular weight is 414 g/mol. The molecule has 0 amide bonds. The van der Waals surface area contributed by atoms with E-state index in [9.17, 15) is 18.5 Å². The lowest BCUT2D eigenvalue weighted by molar-refractivity contribution is -0.387. The minimum absolute atomic E-state index is 0.266. The molecule has 0 radical (unpaired) electrons. The predicted molar refractivity (Wildman–Crippen MR) is 107 cm³/mol. The van der Waals surface area contributed by atoms with Crippen molar-refractivity contribution < 1.29 is 18.1 Å². The molecule has 0 saturated carbocycles. The van der Waals surface area contributed by atoms with Crippen molar-refractivity contribution >= 4 is 21.4 Å². The number of ether oxygens (including phenoxy) is 1. The van der Waals surface area contributed by atoms with Crippen molar-refractivity contribution in [2.45, 2.75) is 18.2 Å². The van der Waals surface area contributed by atoms with Crippen molar-refractivity contribution in [3.05, 3.63) is 70.8 Å². The van der Waals surface area contributed by atoms with E-state index in [-0.39, 0.29) is 5.69 Å². The molecule has 0 unspecified atom stereocenters. The minimum atomic E-state index is -4.12. The normalized spacial score (nSPS) is 11.1. The van der Waals surface area contributed by atoms with Crippen molar-refractivity contribution in [2.75, 3.05) is 11.3 Å². The Balaban J connectivity index is 1.78. The minimum Gasteiger partial charge on any atom is -0.477 e. The summed E-state index contributed by atoms with van der Waals surface area (Å²) >= 11 is 0. The maximum absolute atomic E-state index is 12.6. The molecule has 0 atom stereocenters. The lowest BCUT2D eigenvalue weighted by Gasteiger charge is -2.09. The van der Waals surface area contributed by atoms with Crippen LogP contribution in [0.2, 0.25) is 0 Å². The Bertz CT molecular complexity index is 1100. The first-order valence-electron chi connectivity index (χ1n) is 8.74. The van der Waals surface area contributed by atoms with Crippen LogP contribution < -0.4 is 9.46 Å². The van der Waals surface area contributed by atoms with E-state index >= 15 is 0 Å². The van der Waals surface area contributed by atoms with Gasteiger partial charge in [0.25, 0.3) is 15.7 Å². The van der Waals surface area contributed by atoms with Gasteiger partial charge in [-0.1, -0.05) is 31.2 Å². The van der Waals surface area contributed by atoms with E-state index in [1.165, 1.54) is 18.2 Å².